The van der Waals surface area contributed by atoms with Crippen LogP contribution in [0.25, 0.3) is 0 Å². The minimum absolute atomic E-state index is 0.238. The summed E-state index contributed by atoms with van der Waals surface area (Å²) in [5.41, 5.74) is 12.5. The number of pyridine rings is 1. The fourth-order valence-corrected chi connectivity index (χ4v) is 2.63. The summed E-state index contributed by atoms with van der Waals surface area (Å²) >= 11 is 0. The Balaban J connectivity index is 2.00. The van der Waals surface area contributed by atoms with Crippen molar-refractivity contribution in [1.29, 1.82) is 0 Å². The van der Waals surface area contributed by atoms with Gasteiger partial charge in [-0.3, -0.25) is 0 Å². The smallest absolute Gasteiger partial charge is 0.410 e. The van der Waals surface area contributed by atoms with Crippen molar-refractivity contribution in [2.75, 3.05) is 24.6 Å². The van der Waals surface area contributed by atoms with Crippen LogP contribution in [0, 0.1) is 0 Å². The van der Waals surface area contributed by atoms with Crippen molar-refractivity contribution in [3.05, 3.63) is 17.8 Å². The SMILES string of the molecule is CC(C)(C)OC(=O)N1CCCC(c2ccc(N)c(N)n2)CC1. The molecule has 2 rings (SSSR count). The van der Waals surface area contributed by atoms with Gasteiger partial charge in [-0.15, -0.1) is 0 Å². The first-order chi connectivity index (χ1) is 10.3. The lowest BCUT2D eigenvalue weighted by atomic mass is 9.96. The predicted octanol–water partition coefficient (Wildman–Crippen LogP) is 2.75. The Labute approximate surface area is 131 Å². The van der Waals surface area contributed by atoms with Crippen molar-refractivity contribution in [3.63, 3.8) is 0 Å². The van der Waals surface area contributed by atoms with Crippen molar-refractivity contribution in [1.82, 2.24) is 9.88 Å². The molecular weight excluding hydrogens is 280 g/mol. The lowest BCUT2D eigenvalue weighted by Crippen LogP contribution is -2.37. The number of carbonyl (C=O) groups excluding carboxylic acids is 1. The molecule has 1 fully saturated rings. The molecule has 1 amide bonds. The minimum atomic E-state index is -0.463. The number of nitrogens with zero attached hydrogens (tertiary/aromatic N) is 2. The second-order valence-electron chi connectivity index (χ2n) is 6.81. The highest BCUT2D eigenvalue weighted by atomic mass is 16.6. The third kappa shape index (κ3) is 4.26. The molecule has 6 heteroatoms. The standard InChI is InChI=1S/C16H26N4O2/c1-16(2,3)22-15(21)20-9-4-5-11(8-10-20)13-7-6-12(17)14(18)19-13/h6-7,11H,4-5,8-10,17H2,1-3H3,(H2,18,19). The number of amides is 1. The molecule has 1 aliphatic heterocycles. The van der Waals surface area contributed by atoms with E-state index in [4.69, 9.17) is 16.2 Å². The van der Waals surface area contributed by atoms with Gasteiger partial charge in [0, 0.05) is 24.7 Å². The third-order valence-electron chi connectivity index (χ3n) is 3.78. The number of anilines is 2. The number of nitrogen functional groups attached to an aromatic ring is 2. The van der Waals surface area contributed by atoms with E-state index in [0.717, 1.165) is 31.5 Å². The largest absolute Gasteiger partial charge is 0.444 e. The van der Waals surface area contributed by atoms with Gasteiger partial charge in [0.25, 0.3) is 0 Å². The summed E-state index contributed by atoms with van der Waals surface area (Å²) in [7, 11) is 0. The fourth-order valence-electron chi connectivity index (χ4n) is 2.63. The van der Waals surface area contributed by atoms with Gasteiger partial charge in [-0.05, 0) is 52.2 Å². The van der Waals surface area contributed by atoms with E-state index < -0.39 is 5.60 Å². The number of aromatic nitrogens is 1. The van der Waals surface area contributed by atoms with E-state index in [2.05, 4.69) is 4.98 Å². The Morgan fingerprint density at radius 3 is 2.64 bits per heavy atom. The number of hydrogen-bond donors (Lipinski definition) is 2. The first kappa shape index (κ1) is 16.4. The van der Waals surface area contributed by atoms with Gasteiger partial charge in [-0.1, -0.05) is 0 Å². The van der Waals surface area contributed by atoms with E-state index >= 15 is 0 Å². The molecule has 0 radical (unpaired) electrons. The molecule has 22 heavy (non-hydrogen) atoms. The van der Waals surface area contributed by atoms with Crippen LogP contribution < -0.4 is 11.5 Å². The Morgan fingerprint density at radius 2 is 2.00 bits per heavy atom. The molecule has 122 valence electrons. The van der Waals surface area contributed by atoms with Gasteiger partial charge in [0.2, 0.25) is 0 Å². The van der Waals surface area contributed by atoms with E-state index in [1.165, 1.54) is 0 Å². The summed E-state index contributed by atoms with van der Waals surface area (Å²) in [5, 5.41) is 0. The average molecular weight is 306 g/mol. The molecule has 0 bridgehead atoms. The van der Waals surface area contributed by atoms with Gasteiger partial charge in [-0.25, -0.2) is 9.78 Å². The maximum absolute atomic E-state index is 12.2. The molecule has 1 saturated heterocycles. The van der Waals surface area contributed by atoms with Crippen molar-refractivity contribution < 1.29 is 9.53 Å². The molecule has 0 spiro atoms. The van der Waals surface area contributed by atoms with Crippen LogP contribution in [0.2, 0.25) is 0 Å². The van der Waals surface area contributed by atoms with Gasteiger partial charge in [0.1, 0.15) is 11.4 Å². The minimum Gasteiger partial charge on any atom is -0.444 e. The van der Waals surface area contributed by atoms with Crippen molar-refractivity contribution in [2.45, 2.75) is 51.6 Å². The van der Waals surface area contributed by atoms with E-state index in [-0.39, 0.29) is 6.09 Å². The lowest BCUT2D eigenvalue weighted by molar-refractivity contribution is 0.0256. The van der Waals surface area contributed by atoms with Crippen LogP contribution >= 0.6 is 0 Å². The third-order valence-corrected chi connectivity index (χ3v) is 3.78. The molecule has 1 aromatic heterocycles. The summed E-state index contributed by atoms with van der Waals surface area (Å²) in [5.74, 6) is 0.682. The lowest BCUT2D eigenvalue weighted by Gasteiger charge is -2.26. The monoisotopic (exact) mass is 306 g/mol. The molecule has 1 atom stereocenters. The van der Waals surface area contributed by atoms with Gasteiger partial charge in [0.05, 0.1) is 5.69 Å². The van der Waals surface area contributed by atoms with Crippen LogP contribution in [0.15, 0.2) is 12.1 Å². The molecule has 6 nitrogen and oxygen atoms in total. The zero-order valence-electron chi connectivity index (χ0n) is 13.6. The van der Waals surface area contributed by atoms with Gasteiger partial charge < -0.3 is 21.1 Å². The highest BCUT2D eigenvalue weighted by Gasteiger charge is 2.26. The molecule has 1 aliphatic rings. The van der Waals surface area contributed by atoms with Crippen LogP contribution in [0.5, 0.6) is 0 Å². The van der Waals surface area contributed by atoms with E-state index in [9.17, 15) is 4.79 Å². The summed E-state index contributed by atoms with van der Waals surface area (Å²) in [6.45, 7) is 7.03. The van der Waals surface area contributed by atoms with Gasteiger partial charge in [-0.2, -0.15) is 0 Å². The Kier molecular flexibility index (Phi) is 4.78. The summed E-state index contributed by atoms with van der Waals surface area (Å²) in [6.07, 6.45) is 2.53. The van der Waals surface area contributed by atoms with Crippen molar-refractivity contribution in [3.8, 4) is 0 Å². The number of nitrogens with two attached hydrogens (primary N) is 2. The quantitative estimate of drug-likeness (QED) is 0.832. The predicted molar refractivity (Wildman–Crippen MR) is 87.5 cm³/mol. The Morgan fingerprint density at radius 1 is 1.27 bits per heavy atom. The topological polar surface area (TPSA) is 94.5 Å². The molecule has 2 heterocycles. The zero-order chi connectivity index (χ0) is 16.3. The van der Waals surface area contributed by atoms with Gasteiger partial charge >= 0.3 is 6.09 Å². The second kappa shape index (κ2) is 6.42. The maximum Gasteiger partial charge on any atom is 0.410 e. The molecular formula is C16H26N4O2. The highest BCUT2D eigenvalue weighted by molar-refractivity contribution is 5.68. The maximum atomic E-state index is 12.2. The number of likely N-dealkylation sites (tertiary alicyclic amines) is 1. The molecule has 0 aliphatic carbocycles. The number of rotatable bonds is 1. The molecule has 1 aromatic rings. The molecule has 0 saturated carbocycles. The molecule has 4 N–H and O–H groups in total. The van der Waals surface area contributed by atoms with Crippen LogP contribution in [0.3, 0.4) is 0 Å². The summed E-state index contributed by atoms with van der Waals surface area (Å²) < 4.78 is 5.44. The first-order valence-electron chi connectivity index (χ1n) is 7.76. The zero-order valence-corrected chi connectivity index (χ0v) is 13.6. The average Bonchev–Trinajstić information content (AvgIpc) is 2.66. The van der Waals surface area contributed by atoms with Crippen molar-refractivity contribution >= 4 is 17.6 Å². The normalized spacial score (nSPS) is 19.6. The second-order valence-corrected chi connectivity index (χ2v) is 6.81. The van der Waals surface area contributed by atoms with Crippen LogP contribution in [-0.2, 0) is 4.74 Å². The molecule has 0 aromatic carbocycles. The van der Waals surface area contributed by atoms with Crippen LogP contribution in [0.1, 0.15) is 51.6 Å². The highest BCUT2D eigenvalue weighted by Crippen LogP contribution is 2.29. The number of ether oxygens (including phenoxy) is 1. The van der Waals surface area contributed by atoms with Gasteiger partial charge in [0.15, 0.2) is 0 Å². The van der Waals surface area contributed by atoms with Crippen LogP contribution in [-0.4, -0.2) is 34.7 Å². The fraction of sp³-hybridized carbons (Fsp3) is 0.625. The number of hydrogen-bond acceptors (Lipinski definition) is 5. The van der Waals surface area contributed by atoms with Crippen LogP contribution in [0.4, 0.5) is 16.3 Å². The van der Waals surface area contributed by atoms with E-state index in [1.807, 2.05) is 26.8 Å². The Hall–Kier alpha value is -1.98. The number of carbonyl (C=O) groups is 1. The van der Waals surface area contributed by atoms with E-state index in [1.54, 1.807) is 11.0 Å². The summed E-state index contributed by atoms with van der Waals surface area (Å²) in [4.78, 5) is 18.3. The molecule has 1 unspecified atom stereocenters. The van der Waals surface area contributed by atoms with E-state index in [0.29, 0.717) is 24.0 Å². The first-order valence-corrected chi connectivity index (χ1v) is 7.76. The van der Waals surface area contributed by atoms with Crippen molar-refractivity contribution in [2.24, 2.45) is 0 Å². The summed E-state index contributed by atoms with van der Waals surface area (Å²) in [6, 6.07) is 3.73. The Bertz CT molecular complexity index is 539.